The molecule has 2 aromatic rings. The van der Waals surface area contributed by atoms with Crippen molar-refractivity contribution in [2.45, 2.75) is 19.9 Å². The van der Waals surface area contributed by atoms with Gasteiger partial charge < -0.3 is 14.6 Å². The Morgan fingerprint density at radius 1 is 1.45 bits per heavy atom. The lowest BCUT2D eigenvalue weighted by molar-refractivity contribution is 0.142. The number of hydrogen-bond donors (Lipinski definition) is 1. The number of ether oxygens (including phenoxy) is 1. The van der Waals surface area contributed by atoms with E-state index in [1.54, 1.807) is 6.20 Å². The van der Waals surface area contributed by atoms with Gasteiger partial charge in [-0.15, -0.1) is 0 Å². The molecule has 0 aliphatic rings. The molecule has 1 heterocycles. The summed E-state index contributed by atoms with van der Waals surface area (Å²) in [4.78, 5) is 4.35. The molecule has 0 amide bonds. The van der Waals surface area contributed by atoms with Gasteiger partial charge in [0.15, 0.2) is 0 Å². The van der Waals surface area contributed by atoms with Crippen LogP contribution in [-0.2, 0) is 11.3 Å². The Labute approximate surface area is 137 Å². The van der Waals surface area contributed by atoms with E-state index in [0.717, 1.165) is 46.4 Å². The number of anilines is 2. The van der Waals surface area contributed by atoms with Crippen LogP contribution in [0.25, 0.3) is 0 Å². The van der Waals surface area contributed by atoms with Crippen LogP contribution in [-0.4, -0.2) is 22.8 Å². The Morgan fingerprint density at radius 2 is 2.30 bits per heavy atom. The maximum Gasteiger partial charge on any atom is 0.207 e. The SMILES string of the molecule is CCOCCCn1ccnc1Nc1ccc(Cl)cc1I. The maximum atomic E-state index is 5.96. The number of aryl methyl sites for hydroxylation is 1. The molecule has 0 atom stereocenters. The fourth-order valence-corrected chi connectivity index (χ4v) is 2.81. The van der Waals surface area contributed by atoms with Crippen molar-refractivity contribution in [1.29, 1.82) is 0 Å². The Balaban J connectivity index is 2.01. The van der Waals surface area contributed by atoms with Gasteiger partial charge >= 0.3 is 0 Å². The molecule has 0 aliphatic heterocycles. The van der Waals surface area contributed by atoms with E-state index in [4.69, 9.17) is 16.3 Å². The van der Waals surface area contributed by atoms with E-state index in [9.17, 15) is 0 Å². The van der Waals surface area contributed by atoms with Gasteiger partial charge in [-0.25, -0.2) is 4.98 Å². The van der Waals surface area contributed by atoms with Gasteiger partial charge in [-0.1, -0.05) is 11.6 Å². The maximum absolute atomic E-state index is 5.96. The summed E-state index contributed by atoms with van der Waals surface area (Å²) in [5, 5.41) is 4.07. The normalized spacial score (nSPS) is 10.8. The molecule has 6 heteroatoms. The zero-order chi connectivity index (χ0) is 14.4. The summed E-state index contributed by atoms with van der Waals surface area (Å²) < 4.78 is 8.51. The zero-order valence-electron chi connectivity index (χ0n) is 11.3. The van der Waals surface area contributed by atoms with Crippen molar-refractivity contribution in [3.63, 3.8) is 0 Å². The van der Waals surface area contributed by atoms with E-state index in [0.29, 0.717) is 0 Å². The highest BCUT2D eigenvalue weighted by Crippen LogP contribution is 2.25. The monoisotopic (exact) mass is 405 g/mol. The first-order chi connectivity index (χ1) is 9.70. The van der Waals surface area contributed by atoms with Crippen LogP contribution in [0.2, 0.25) is 5.02 Å². The van der Waals surface area contributed by atoms with Crippen LogP contribution in [0.3, 0.4) is 0 Å². The summed E-state index contributed by atoms with van der Waals surface area (Å²) in [6, 6.07) is 5.75. The van der Waals surface area contributed by atoms with Crippen LogP contribution in [0.4, 0.5) is 11.6 Å². The van der Waals surface area contributed by atoms with Gasteiger partial charge in [-0.2, -0.15) is 0 Å². The molecule has 0 saturated carbocycles. The van der Waals surface area contributed by atoms with Crippen LogP contribution in [0.1, 0.15) is 13.3 Å². The summed E-state index contributed by atoms with van der Waals surface area (Å²) in [6.07, 6.45) is 4.74. The topological polar surface area (TPSA) is 39.1 Å². The number of benzene rings is 1. The number of hydrogen-bond acceptors (Lipinski definition) is 3. The average molecular weight is 406 g/mol. The number of nitrogens with one attached hydrogen (secondary N) is 1. The highest BCUT2D eigenvalue weighted by atomic mass is 127. The molecule has 0 fully saturated rings. The van der Waals surface area contributed by atoms with Crippen molar-refractivity contribution >= 4 is 45.8 Å². The fourth-order valence-electron chi connectivity index (χ4n) is 1.81. The third-order valence-corrected chi connectivity index (χ3v) is 3.91. The lowest BCUT2D eigenvalue weighted by Crippen LogP contribution is -2.06. The van der Waals surface area contributed by atoms with Gasteiger partial charge in [0, 0.05) is 40.7 Å². The van der Waals surface area contributed by atoms with Gasteiger partial charge in [0.25, 0.3) is 0 Å². The Morgan fingerprint density at radius 3 is 3.05 bits per heavy atom. The molecule has 20 heavy (non-hydrogen) atoms. The Hall–Kier alpha value is -0.790. The van der Waals surface area contributed by atoms with Crippen molar-refractivity contribution in [2.24, 2.45) is 0 Å². The highest BCUT2D eigenvalue weighted by molar-refractivity contribution is 14.1. The van der Waals surface area contributed by atoms with E-state index < -0.39 is 0 Å². The lowest BCUT2D eigenvalue weighted by atomic mass is 10.3. The largest absolute Gasteiger partial charge is 0.382 e. The second-order valence-electron chi connectivity index (χ2n) is 4.24. The molecule has 4 nitrogen and oxygen atoms in total. The number of aromatic nitrogens is 2. The molecule has 2 rings (SSSR count). The first kappa shape index (κ1) is 15.6. The van der Waals surface area contributed by atoms with Crippen LogP contribution >= 0.6 is 34.2 Å². The van der Waals surface area contributed by atoms with Crippen molar-refractivity contribution in [3.8, 4) is 0 Å². The van der Waals surface area contributed by atoms with Crippen LogP contribution in [0.15, 0.2) is 30.6 Å². The minimum Gasteiger partial charge on any atom is -0.382 e. The fraction of sp³-hybridized carbons (Fsp3) is 0.357. The molecule has 0 unspecified atom stereocenters. The van der Waals surface area contributed by atoms with Crippen LogP contribution in [0.5, 0.6) is 0 Å². The Bertz CT molecular complexity index is 559. The van der Waals surface area contributed by atoms with Gasteiger partial charge in [0.1, 0.15) is 0 Å². The van der Waals surface area contributed by atoms with Crippen molar-refractivity contribution in [2.75, 3.05) is 18.5 Å². The minimum atomic E-state index is 0.736. The molecular weight excluding hydrogens is 389 g/mol. The highest BCUT2D eigenvalue weighted by Gasteiger charge is 2.06. The smallest absolute Gasteiger partial charge is 0.207 e. The molecule has 108 valence electrons. The van der Waals surface area contributed by atoms with Crippen LogP contribution in [0, 0.1) is 3.57 Å². The van der Waals surface area contributed by atoms with E-state index in [1.807, 2.05) is 31.3 Å². The molecule has 1 aromatic heterocycles. The molecule has 1 aromatic carbocycles. The Kier molecular flexibility index (Phi) is 6.12. The van der Waals surface area contributed by atoms with Gasteiger partial charge in [0.2, 0.25) is 5.95 Å². The van der Waals surface area contributed by atoms with Crippen molar-refractivity contribution in [1.82, 2.24) is 9.55 Å². The second kappa shape index (κ2) is 7.85. The number of nitrogens with zero attached hydrogens (tertiary/aromatic N) is 2. The minimum absolute atomic E-state index is 0.736. The third kappa shape index (κ3) is 4.36. The average Bonchev–Trinajstić information content (AvgIpc) is 2.85. The van der Waals surface area contributed by atoms with Gasteiger partial charge in [-0.05, 0) is 54.1 Å². The zero-order valence-corrected chi connectivity index (χ0v) is 14.2. The van der Waals surface area contributed by atoms with E-state index in [1.165, 1.54) is 0 Å². The van der Waals surface area contributed by atoms with Crippen molar-refractivity contribution < 1.29 is 4.74 Å². The molecule has 0 bridgehead atoms. The van der Waals surface area contributed by atoms with E-state index in [2.05, 4.69) is 37.5 Å². The summed E-state index contributed by atoms with van der Waals surface area (Å²) in [7, 11) is 0. The molecule has 1 N–H and O–H groups in total. The quantitative estimate of drug-likeness (QED) is 0.551. The van der Waals surface area contributed by atoms with Crippen molar-refractivity contribution in [3.05, 3.63) is 39.2 Å². The standard InChI is InChI=1S/C14H17ClIN3O/c1-2-20-9-3-7-19-8-6-17-14(19)18-13-5-4-11(15)10-12(13)16/h4-6,8,10H,2-3,7,9H2,1H3,(H,17,18). The first-order valence-corrected chi connectivity index (χ1v) is 7.97. The molecule has 0 aliphatic carbocycles. The summed E-state index contributed by atoms with van der Waals surface area (Å²) in [5.74, 6) is 0.835. The summed E-state index contributed by atoms with van der Waals surface area (Å²) in [5.41, 5.74) is 1.01. The number of imidazole rings is 1. The first-order valence-electron chi connectivity index (χ1n) is 6.51. The molecule has 0 spiro atoms. The van der Waals surface area contributed by atoms with Gasteiger partial charge in [-0.3, -0.25) is 0 Å². The molecule has 0 radical (unpaired) electrons. The molecule has 0 saturated heterocycles. The van der Waals surface area contributed by atoms with Gasteiger partial charge in [0.05, 0.1) is 5.69 Å². The lowest BCUT2D eigenvalue weighted by Gasteiger charge is -2.11. The van der Waals surface area contributed by atoms with Crippen LogP contribution < -0.4 is 5.32 Å². The predicted molar refractivity (Wildman–Crippen MR) is 90.8 cm³/mol. The second-order valence-corrected chi connectivity index (χ2v) is 5.84. The molecular formula is C14H17ClIN3O. The number of rotatable bonds is 7. The summed E-state index contributed by atoms with van der Waals surface area (Å²) in [6.45, 7) is 4.42. The van der Waals surface area contributed by atoms with E-state index >= 15 is 0 Å². The van der Waals surface area contributed by atoms with E-state index in [-0.39, 0.29) is 0 Å². The summed E-state index contributed by atoms with van der Waals surface area (Å²) >= 11 is 8.22. The predicted octanol–water partition coefficient (Wildman–Crippen LogP) is 4.31. The third-order valence-electron chi connectivity index (χ3n) is 2.78. The number of halogens is 2.